The van der Waals surface area contributed by atoms with Gasteiger partial charge in [0.25, 0.3) is 5.56 Å². The van der Waals surface area contributed by atoms with Gasteiger partial charge in [-0.1, -0.05) is 48.5 Å². The van der Waals surface area contributed by atoms with Crippen LogP contribution in [0, 0.1) is 6.92 Å². The number of H-pyrrole nitrogens is 1. The SMILES string of the molecule is CSc1nc(C)c(CCC(=O)NCC2(c3ccccc3)CCC2)c(=O)[nH]1. The van der Waals surface area contributed by atoms with Crippen LogP contribution in [0.3, 0.4) is 0 Å². The molecule has 1 fully saturated rings. The lowest BCUT2D eigenvalue weighted by atomic mass is 9.64. The van der Waals surface area contributed by atoms with E-state index in [1.165, 1.54) is 23.7 Å². The second-order valence-corrected chi connectivity index (χ2v) is 7.71. The Labute approximate surface area is 158 Å². The summed E-state index contributed by atoms with van der Waals surface area (Å²) in [5.41, 5.74) is 2.53. The van der Waals surface area contributed by atoms with E-state index in [0.29, 0.717) is 35.8 Å². The summed E-state index contributed by atoms with van der Waals surface area (Å²) < 4.78 is 0. The molecule has 0 atom stereocenters. The average molecular weight is 372 g/mol. The molecule has 1 saturated carbocycles. The van der Waals surface area contributed by atoms with Crippen molar-refractivity contribution in [2.24, 2.45) is 0 Å². The van der Waals surface area contributed by atoms with Crippen molar-refractivity contribution < 1.29 is 4.79 Å². The molecule has 1 aromatic heterocycles. The zero-order valence-corrected chi connectivity index (χ0v) is 16.1. The second-order valence-electron chi connectivity index (χ2n) is 6.92. The molecule has 0 bridgehead atoms. The minimum absolute atomic E-state index is 0.0139. The lowest BCUT2D eigenvalue weighted by Crippen LogP contribution is -2.45. The van der Waals surface area contributed by atoms with Crippen molar-refractivity contribution in [1.29, 1.82) is 0 Å². The summed E-state index contributed by atoms with van der Waals surface area (Å²) in [4.78, 5) is 31.6. The highest BCUT2D eigenvalue weighted by Crippen LogP contribution is 2.43. The largest absolute Gasteiger partial charge is 0.355 e. The molecule has 0 spiro atoms. The van der Waals surface area contributed by atoms with Gasteiger partial charge >= 0.3 is 0 Å². The lowest BCUT2D eigenvalue weighted by molar-refractivity contribution is -0.121. The summed E-state index contributed by atoms with van der Waals surface area (Å²) in [5, 5.41) is 3.69. The van der Waals surface area contributed by atoms with E-state index in [2.05, 4.69) is 39.6 Å². The summed E-state index contributed by atoms with van der Waals surface area (Å²) in [5.74, 6) is -0.0139. The van der Waals surface area contributed by atoms with Gasteiger partial charge in [-0.3, -0.25) is 9.59 Å². The van der Waals surface area contributed by atoms with Crippen LogP contribution in [0.5, 0.6) is 0 Å². The topological polar surface area (TPSA) is 74.8 Å². The Kier molecular flexibility index (Phi) is 5.81. The van der Waals surface area contributed by atoms with Crippen LogP contribution in [0.2, 0.25) is 0 Å². The van der Waals surface area contributed by atoms with Crippen molar-refractivity contribution in [2.45, 2.75) is 49.6 Å². The molecule has 0 radical (unpaired) electrons. The Morgan fingerprint density at radius 3 is 2.62 bits per heavy atom. The Hall–Kier alpha value is -2.08. The van der Waals surface area contributed by atoms with Crippen LogP contribution in [0.1, 0.15) is 42.5 Å². The summed E-state index contributed by atoms with van der Waals surface area (Å²) in [6.45, 7) is 2.48. The van der Waals surface area contributed by atoms with Gasteiger partial charge in [-0.15, -0.1) is 0 Å². The quantitative estimate of drug-likeness (QED) is 0.580. The van der Waals surface area contributed by atoms with Crippen LogP contribution in [-0.4, -0.2) is 28.7 Å². The molecule has 3 rings (SSSR count). The first-order valence-electron chi connectivity index (χ1n) is 9.00. The van der Waals surface area contributed by atoms with Crippen LogP contribution in [0.25, 0.3) is 0 Å². The van der Waals surface area contributed by atoms with E-state index < -0.39 is 0 Å². The molecule has 0 unspecified atom stereocenters. The summed E-state index contributed by atoms with van der Waals surface area (Å²) >= 11 is 1.40. The molecule has 26 heavy (non-hydrogen) atoms. The molecule has 0 saturated heterocycles. The third-order valence-electron chi connectivity index (χ3n) is 5.32. The van der Waals surface area contributed by atoms with Crippen LogP contribution < -0.4 is 10.9 Å². The molecule has 1 aromatic carbocycles. The predicted molar refractivity (Wildman–Crippen MR) is 105 cm³/mol. The number of carbonyl (C=O) groups is 1. The fraction of sp³-hybridized carbons (Fsp3) is 0.450. The number of aromatic amines is 1. The number of thioether (sulfide) groups is 1. The number of benzene rings is 1. The molecule has 0 aliphatic heterocycles. The monoisotopic (exact) mass is 371 g/mol. The van der Waals surface area contributed by atoms with Gasteiger partial charge in [0.15, 0.2) is 5.16 Å². The van der Waals surface area contributed by atoms with Gasteiger partial charge in [0.05, 0.1) is 0 Å². The summed E-state index contributed by atoms with van der Waals surface area (Å²) in [6, 6.07) is 10.4. The van der Waals surface area contributed by atoms with Gasteiger partial charge in [0.2, 0.25) is 5.91 Å². The van der Waals surface area contributed by atoms with Gasteiger partial charge in [0, 0.05) is 29.6 Å². The fourth-order valence-electron chi connectivity index (χ4n) is 3.53. The van der Waals surface area contributed by atoms with Crippen LogP contribution in [0.15, 0.2) is 40.3 Å². The first-order valence-corrected chi connectivity index (χ1v) is 10.2. The minimum Gasteiger partial charge on any atom is -0.355 e. The van der Waals surface area contributed by atoms with Crippen molar-refractivity contribution >= 4 is 17.7 Å². The molecule has 138 valence electrons. The smallest absolute Gasteiger partial charge is 0.254 e. The van der Waals surface area contributed by atoms with Crippen LogP contribution >= 0.6 is 11.8 Å². The van der Waals surface area contributed by atoms with Crippen molar-refractivity contribution in [3.05, 3.63) is 57.5 Å². The Bertz CT molecular complexity index is 829. The average Bonchev–Trinajstić information content (AvgIpc) is 2.60. The zero-order chi connectivity index (χ0) is 18.6. The van der Waals surface area contributed by atoms with Gasteiger partial charge in [-0.2, -0.15) is 0 Å². The number of nitrogens with one attached hydrogen (secondary N) is 2. The van der Waals surface area contributed by atoms with E-state index in [9.17, 15) is 9.59 Å². The third kappa shape index (κ3) is 4.01. The van der Waals surface area contributed by atoms with E-state index in [-0.39, 0.29) is 16.9 Å². The Balaban J connectivity index is 1.58. The number of aromatic nitrogens is 2. The van der Waals surface area contributed by atoms with Gasteiger partial charge in [0.1, 0.15) is 0 Å². The van der Waals surface area contributed by atoms with Gasteiger partial charge < -0.3 is 10.3 Å². The summed E-state index contributed by atoms with van der Waals surface area (Å²) in [6.07, 6.45) is 6.00. The van der Waals surface area contributed by atoms with E-state index in [0.717, 1.165) is 12.8 Å². The zero-order valence-electron chi connectivity index (χ0n) is 15.3. The molecule has 2 aromatic rings. The number of amides is 1. The van der Waals surface area contributed by atoms with E-state index >= 15 is 0 Å². The molecule has 5 nitrogen and oxygen atoms in total. The molecule has 1 amide bonds. The second kappa shape index (κ2) is 8.08. The number of nitrogens with zero attached hydrogens (tertiary/aromatic N) is 1. The number of aryl methyl sites for hydroxylation is 1. The van der Waals surface area contributed by atoms with E-state index in [1.807, 2.05) is 19.2 Å². The minimum atomic E-state index is -0.144. The molecule has 2 N–H and O–H groups in total. The molecule has 1 heterocycles. The Morgan fingerprint density at radius 2 is 2.04 bits per heavy atom. The Morgan fingerprint density at radius 1 is 1.31 bits per heavy atom. The molecule has 1 aliphatic carbocycles. The molecule has 6 heteroatoms. The third-order valence-corrected chi connectivity index (χ3v) is 5.90. The standard InChI is InChI=1S/C20H25N3O2S/c1-14-16(18(25)23-19(22-14)26-2)9-10-17(24)21-13-20(11-6-12-20)15-7-4-3-5-8-15/h3-5,7-8H,6,9-13H2,1-2H3,(H,21,24)(H,22,23,25). The van der Waals surface area contributed by atoms with Crippen molar-refractivity contribution in [1.82, 2.24) is 15.3 Å². The van der Waals surface area contributed by atoms with Gasteiger partial charge in [-0.05, 0) is 38.0 Å². The maximum Gasteiger partial charge on any atom is 0.254 e. The normalized spacial score (nSPS) is 15.3. The number of hydrogen-bond donors (Lipinski definition) is 2. The van der Waals surface area contributed by atoms with Crippen molar-refractivity contribution in [3.63, 3.8) is 0 Å². The maximum atomic E-state index is 12.3. The van der Waals surface area contributed by atoms with Gasteiger partial charge in [-0.25, -0.2) is 4.98 Å². The summed E-state index contributed by atoms with van der Waals surface area (Å²) in [7, 11) is 0. The van der Waals surface area contributed by atoms with E-state index in [4.69, 9.17) is 0 Å². The predicted octanol–water partition coefficient (Wildman–Crippen LogP) is 2.97. The van der Waals surface area contributed by atoms with Crippen molar-refractivity contribution in [3.8, 4) is 0 Å². The van der Waals surface area contributed by atoms with Crippen LogP contribution in [0.4, 0.5) is 0 Å². The van der Waals surface area contributed by atoms with E-state index in [1.54, 1.807) is 0 Å². The van der Waals surface area contributed by atoms with Crippen LogP contribution in [-0.2, 0) is 16.6 Å². The first-order chi connectivity index (χ1) is 12.5. The van der Waals surface area contributed by atoms with Crippen molar-refractivity contribution in [2.75, 3.05) is 12.8 Å². The number of carbonyl (C=O) groups excluding carboxylic acids is 1. The molecular formula is C20H25N3O2S. The molecular weight excluding hydrogens is 346 g/mol. The number of rotatable bonds is 7. The highest BCUT2D eigenvalue weighted by atomic mass is 32.2. The number of hydrogen-bond acceptors (Lipinski definition) is 4. The lowest BCUT2D eigenvalue weighted by Gasteiger charge is -2.42. The highest BCUT2D eigenvalue weighted by Gasteiger charge is 2.38. The molecule has 1 aliphatic rings. The first kappa shape index (κ1) is 18.7. The highest BCUT2D eigenvalue weighted by molar-refractivity contribution is 7.98. The fourth-order valence-corrected chi connectivity index (χ4v) is 3.96. The maximum absolute atomic E-state index is 12.3.